The molecule has 1 saturated heterocycles. The summed E-state index contributed by atoms with van der Waals surface area (Å²) in [6.07, 6.45) is 1.07. The van der Waals surface area contributed by atoms with Crippen molar-refractivity contribution in [2.45, 2.75) is 26.4 Å². The van der Waals surface area contributed by atoms with Gasteiger partial charge in [-0.25, -0.2) is 8.78 Å². The Morgan fingerprint density at radius 2 is 1.21 bits per heavy atom. The van der Waals surface area contributed by atoms with Gasteiger partial charge in [0.1, 0.15) is 0 Å². The second kappa shape index (κ2) is 7.86. The topological polar surface area (TPSA) is 6.48 Å². The van der Waals surface area contributed by atoms with Gasteiger partial charge in [-0.2, -0.15) is 0 Å². The van der Waals surface area contributed by atoms with Crippen molar-refractivity contribution in [3.05, 3.63) is 70.8 Å². The van der Waals surface area contributed by atoms with E-state index in [0.29, 0.717) is 6.54 Å². The molecule has 2 nitrogen and oxygen atoms in total. The molecule has 0 spiro atoms. The SMILES string of the molecule is CCc1ccc(CN2CCN(Cc3ccc(F)c(F)c3)CC2)cc1. The number of aryl methyl sites for hydroxylation is 1. The number of rotatable bonds is 5. The molecule has 0 aromatic heterocycles. The minimum Gasteiger partial charge on any atom is -0.297 e. The third-order valence-corrected chi connectivity index (χ3v) is 4.69. The van der Waals surface area contributed by atoms with Gasteiger partial charge < -0.3 is 0 Å². The van der Waals surface area contributed by atoms with E-state index in [-0.39, 0.29) is 0 Å². The standard InChI is InChI=1S/C20H24F2N2/c1-2-16-3-5-17(6-4-16)14-23-9-11-24(12-10-23)15-18-7-8-19(21)20(22)13-18/h3-8,13H,2,9-12,14-15H2,1H3. The van der Waals surface area contributed by atoms with Gasteiger partial charge in [0.2, 0.25) is 0 Å². The summed E-state index contributed by atoms with van der Waals surface area (Å²) in [6, 6.07) is 13.0. The van der Waals surface area contributed by atoms with Crippen molar-refractivity contribution in [1.29, 1.82) is 0 Å². The van der Waals surface area contributed by atoms with Gasteiger partial charge in [0.25, 0.3) is 0 Å². The zero-order valence-electron chi connectivity index (χ0n) is 14.1. The van der Waals surface area contributed by atoms with Crippen LogP contribution >= 0.6 is 0 Å². The van der Waals surface area contributed by atoms with E-state index in [1.807, 2.05) is 0 Å². The summed E-state index contributed by atoms with van der Waals surface area (Å²) in [4.78, 5) is 4.74. The second-order valence-electron chi connectivity index (χ2n) is 6.47. The Bertz CT molecular complexity index is 662. The van der Waals surface area contributed by atoms with Gasteiger partial charge in [0.05, 0.1) is 0 Å². The highest BCUT2D eigenvalue weighted by molar-refractivity contribution is 5.22. The average molecular weight is 330 g/mol. The van der Waals surface area contributed by atoms with E-state index in [0.717, 1.165) is 44.7 Å². The van der Waals surface area contributed by atoms with Gasteiger partial charge in [0, 0.05) is 39.3 Å². The number of halogens is 2. The number of piperazine rings is 1. The van der Waals surface area contributed by atoms with Crippen molar-refractivity contribution in [3.63, 3.8) is 0 Å². The molecule has 0 amide bonds. The highest BCUT2D eigenvalue weighted by Crippen LogP contribution is 2.14. The van der Waals surface area contributed by atoms with Crippen molar-refractivity contribution in [2.75, 3.05) is 26.2 Å². The molecule has 4 heteroatoms. The molecule has 128 valence electrons. The molecule has 0 radical (unpaired) electrons. The maximum absolute atomic E-state index is 13.3. The number of benzene rings is 2. The highest BCUT2D eigenvalue weighted by Gasteiger charge is 2.17. The van der Waals surface area contributed by atoms with Crippen LogP contribution in [0, 0.1) is 11.6 Å². The number of hydrogen-bond acceptors (Lipinski definition) is 2. The number of hydrogen-bond donors (Lipinski definition) is 0. The molecular formula is C20H24F2N2. The fourth-order valence-electron chi connectivity index (χ4n) is 3.14. The second-order valence-corrected chi connectivity index (χ2v) is 6.47. The zero-order chi connectivity index (χ0) is 16.9. The summed E-state index contributed by atoms with van der Waals surface area (Å²) in [7, 11) is 0. The third kappa shape index (κ3) is 4.40. The molecule has 2 aromatic carbocycles. The van der Waals surface area contributed by atoms with E-state index in [1.165, 1.54) is 23.3 Å². The van der Waals surface area contributed by atoms with Crippen molar-refractivity contribution in [1.82, 2.24) is 9.80 Å². The Balaban J connectivity index is 1.49. The molecule has 2 aromatic rings. The fraction of sp³-hybridized carbons (Fsp3) is 0.400. The Labute approximate surface area is 142 Å². The maximum atomic E-state index is 13.3. The Morgan fingerprint density at radius 3 is 1.75 bits per heavy atom. The molecule has 0 aliphatic carbocycles. The first-order chi connectivity index (χ1) is 11.6. The van der Waals surface area contributed by atoms with Crippen molar-refractivity contribution in [2.24, 2.45) is 0 Å². The summed E-state index contributed by atoms with van der Waals surface area (Å²) < 4.78 is 26.3. The molecule has 0 unspecified atom stereocenters. The lowest BCUT2D eigenvalue weighted by Crippen LogP contribution is -2.45. The van der Waals surface area contributed by atoms with Crippen LogP contribution in [0.3, 0.4) is 0 Å². The van der Waals surface area contributed by atoms with Crippen LogP contribution in [-0.4, -0.2) is 36.0 Å². The maximum Gasteiger partial charge on any atom is 0.159 e. The minimum absolute atomic E-state index is 0.677. The van der Waals surface area contributed by atoms with Crippen LogP contribution in [0.15, 0.2) is 42.5 Å². The smallest absolute Gasteiger partial charge is 0.159 e. The highest BCUT2D eigenvalue weighted by atomic mass is 19.2. The molecule has 0 bridgehead atoms. The summed E-state index contributed by atoms with van der Waals surface area (Å²) in [5.41, 5.74) is 3.55. The normalized spacial score (nSPS) is 16.5. The van der Waals surface area contributed by atoms with Crippen LogP contribution in [0.4, 0.5) is 8.78 Å². The molecule has 1 aliphatic heterocycles. The molecule has 0 N–H and O–H groups in total. The largest absolute Gasteiger partial charge is 0.297 e. The lowest BCUT2D eigenvalue weighted by atomic mass is 10.1. The van der Waals surface area contributed by atoms with E-state index in [1.54, 1.807) is 6.07 Å². The summed E-state index contributed by atoms with van der Waals surface area (Å²) in [5, 5.41) is 0. The number of nitrogens with zero attached hydrogens (tertiary/aromatic N) is 2. The minimum atomic E-state index is -0.780. The third-order valence-electron chi connectivity index (χ3n) is 4.69. The predicted molar refractivity (Wildman–Crippen MR) is 92.7 cm³/mol. The lowest BCUT2D eigenvalue weighted by molar-refractivity contribution is 0.122. The summed E-state index contributed by atoms with van der Waals surface area (Å²) >= 11 is 0. The first-order valence-electron chi connectivity index (χ1n) is 8.60. The predicted octanol–water partition coefficient (Wildman–Crippen LogP) is 3.85. The Kier molecular flexibility index (Phi) is 5.59. The van der Waals surface area contributed by atoms with Crippen LogP contribution in [-0.2, 0) is 19.5 Å². The first kappa shape index (κ1) is 17.1. The molecule has 1 heterocycles. The fourth-order valence-corrected chi connectivity index (χ4v) is 3.14. The summed E-state index contributed by atoms with van der Waals surface area (Å²) in [6.45, 7) is 7.72. The Morgan fingerprint density at radius 1 is 0.708 bits per heavy atom. The lowest BCUT2D eigenvalue weighted by Gasteiger charge is -2.34. The van der Waals surface area contributed by atoms with E-state index in [9.17, 15) is 8.78 Å². The molecular weight excluding hydrogens is 306 g/mol. The van der Waals surface area contributed by atoms with Crippen LogP contribution in [0.2, 0.25) is 0 Å². The van der Waals surface area contributed by atoms with E-state index in [4.69, 9.17) is 0 Å². The van der Waals surface area contributed by atoms with Gasteiger partial charge in [0.15, 0.2) is 11.6 Å². The van der Waals surface area contributed by atoms with E-state index in [2.05, 4.69) is 41.0 Å². The quantitative estimate of drug-likeness (QED) is 0.822. The van der Waals surface area contributed by atoms with Crippen LogP contribution < -0.4 is 0 Å². The molecule has 0 saturated carbocycles. The summed E-state index contributed by atoms with van der Waals surface area (Å²) in [5.74, 6) is -1.54. The molecule has 1 aliphatic rings. The van der Waals surface area contributed by atoms with Crippen molar-refractivity contribution in [3.8, 4) is 0 Å². The molecule has 1 fully saturated rings. The van der Waals surface area contributed by atoms with E-state index >= 15 is 0 Å². The average Bonchev–Trinajstić information content (AvgIpc) is 2.61. The van der Waals surface area contributed by atoms with Gasteiger partial charge >= 0.3 is 0 Å². The zero-order valence-corrected chi connectivity index (χ0v) is 14.1. The van der Waals surface area contributed by atoms with E-state index < -0.39 is 11.6 Å². The first-order valence-corrected chi connectivity index (χ1v) is 8.60. The van der Waals surface area contributed by atoms with Gasteiger partial charge in [-0.1, -0.05) is 37.3 Å². The molecule has 3 rings (SSSR count). The monoisotopic (exact) mass is 330 g/mol. The molecule has 0 atom stereocenters. The van der Waals surface area contributed by atoms with Gasteiger partial charge in [-0.05, 0) is 35.2 Å². The van der Waals surface area contributed by atoms with Crippen molar-refractivity contribution < 1.29 is 8.78 Å². The van der Waals surface area contributed by atoms with Crippen molar-refractivity contribution >= 4 is 0 Å². The Hall–Kier alpha value is -1.78. The van der Waals surface area contributed by atoms with Crippen LogP contribution in [0.25, 0.3) is 0 Å². The van der Waals surface area contributed by atoms with Crippen LogP contribution in [0.5, 0.6) is 0 Å². The van der Waals surface area contributed by atoms with Gasteiger partial charge in [-0.3, -0.25) is 9.80 Å². The van der Waals surface area contributed by atoms with Crippen LogP contribution in [0.1, 0.15) is 23.6 Å². The molecule has 24 heavy (non-hydrogen) atoms. The van der Waals surface area contributed by atoms with Gasteiger partial charge in [-0.15, -0.1) is 0 Å².